The number of benzene rings is 1. The number of amides is 1. The van der Waals surface area contributed by atoms with Gasteiger partial charge in [0.15, 0.2) is 0 Å². The lowest BCUT2D eigenvalue weighted by molar-refractivity contribution is -0.137. The number of nitrogens with zero attached hydrogens (tertiary/aromatic N) is 2. The third-order valence-electron chi connectivity index (χ3n) is 4.75. The highest BCUT2D eigenvalue weighted by atomic mass is 32.1. The van der Waals surface area contributed by atoms with Crippen LogP contribution in [0.3, 0.4) is 0 Å². The van der Waals surface area contributed by atoms with Gasteiger partial charge < -0.3 is 4.90 Å². The summed E-state index contributed by atoms with van der Waals surface area (Å²) in [6.45, 7) is 3.31. The summed E-state index contributed by atoms with van der Waals surface area (Å²) in [6.07, 6.45) is 2.08. The van der Waals surface area contributed by atoms with Crippen molar-refractivity contribution in [1.29, 1.82) is 0 Å². The molecular formula is C19H23FN2OS. The molecule has 0 saturated carbocycles. The molecule has 2 heterocycles. The molecule has 1 saturated heterocycles. The first kappa shape index (κ1) is 17.1. The lowest BCUT2D eigenvalue weighted by Crippen LogP contribution is -2.45. The van der Waals surface area contributed by atoms with Crippen molar-refractivity contribution in [3.63, 3.8) is 0 Å². The van der Waals surface area contributed by atoms with E-state index >= 15 is 0 Å². The molecule has 1 aliphatic heterocycles. The number of likely N-dealkylation sites (N-methyl/N-ethyl adjacent to an activating group) is 1. The van der Waals surface area contributed by atoms with Gasteiger partial charge in [0, 0.05) is 18.0 Å². The van der Waals surface area contributed by atoms with Crippen LogP contribution in [0.4, 0.5) is 4.39 Å². The van der Waals surface area contributed by atoms with E-state index in [1.165, 1.54) is 17.0 Å². The number of halogens is 1. The number of carbonyl (C=O) groups is 1. The van der Waals surface area contributed by atoms with Gasteiger partial charge in [0.1, 0.15) is 5.82 Å². The van der Waals surface area contributed by atoms with Gasteiger partial charge in [-0.05, 0) is 56.0 Å². The number of hydrogen-bond donors (Lipinski definition) is 0. The number of rotatable bonds is 5. The summed E-state index contributed by atoms with van der Waals surface area (Å²) in [5.74, 6) is -0.0815. The second-order valence-corrected chi connectivity index (χ2v) is 7.41. The molecule has 3 nitrogen and oxygen atoms in total. The third kappa shape index (κ3) is 3.68. The summed E-state index contributed by atoms with van der Waals surface area (Å²) in [4.78, 5) is 18.2. The van der Waals surface area contributed by atoms with Crippen LogP contribution in [0.1, 0.15) is 36.2 Å². The second kappa shape index (κ2) is 7.45. The number of likely N-dealkylation sites (tertiary alicyclic amines) is 1. The van der Waals surface area contributed by atoms with Crippen molar-refractivity contribution in [3.05, 3.63) is 58.0 Å². The predicted octanol–water partition coefficient (Wildman–Crippen LogP) is 4.07. The monoisotopic (exact) mass is 346 g/mol. The zero-order chi connectivity index (χ0) is 17.1. The van der Waals surface area contributed by atoms with Crippen molar-refractivity contribution in [2.75, 3.05) is 13.6 Å². The van der Waals surface area contributed by atoms with Crippen molar-refractivity contribution >= 4 is 17.2 Å². The number of hydrogen-bond acceptors (Lipinski definition) is 3. The molecular weight excluding hydrogens is 323 g/mol. The fraction of sp³-hybridized carbons (Fsp3) is 0.421. The topological polar surface area (TPSA) is 23.6 Å². The van der Waals surface area contributed by atoms with Crippen molar-refractivity contribution in [3.8, 4) is 0 Å². The van der Waals surface area contributed by atoms with Gasteiger partial charge in [-0.3, -0.25) is 9.69 Å². The Balaban J connectivity index is 1.67. The molecule has 1 amide bonds. The minimum absolute atomic E-state index is 0.157. The molecule has 128 valence electrons. The van der Waals surface area contributed by atoms with Gasteiger partial charge in [0.2, 0.25) is 5.91 Å². The fourth-order valence-corrected chi connectivity index (χ4v) is 4.17. The lowest BCUT2D eigenvalue weighted by Gasteiger charge is -2.31. The number of carbonyl (C=O) groups excluding carboxylic acids is 1. The molecule has 24 heavy (non-hydrogen) atoms. The minimum Gasteiger partial charge on any atom is -0.333 e. The van der Waals surface area contributed by atoms with Gasteiger partial charge in [-0.2, -0.15) is 0 Å². The maximum absolute atomic E-state index is 13.3. The van der Waals surface area contributed by atoms with E-state index in [2.05, 4.69) is 11.4 Å². The highest BCUT2D eigenvalue weighted by molar-refractivity contribution is 7.10. The third-order valence-corrected chi connectivity index (χ3v) is 5.72. The Hall–Kier alpha value is -1.72. The Bertz CT molecular complexity index is 688. The van der Waals surface area contributed by atoms with E-state index in [1.807, 2.05) is 35.9 Å². The average molecular weight is 346 g/mol. The first-order valence-corrected chi connectivity index (χ1v) is 9.23. The first-order valence-electron chi connectivity index (χ1n) is 8.35. The van der Waals surface area contributed by atoms with Crippen molar-refractivity contribution in [1.82, 2.24) is 9.80 Å². The summed E-state index contributed by atoms with van der Waals surface area (Å²) in [5.41, 5.74) is 0.883. The number of thiophene rings is 1. The van der Waals surface area contributed by atoms with Crippen LogP contribution >= 0.6 is 11.3 Å². The molecule has 0 N–H and O–H groups in total. The Morgan fingerprint density at radius 2 is 2.25 bits per heavy atom. The van der Waals surface area contributed by atoms with Crippen LogP contribution in [-0.4, -0.2) is 35.3 Å². The van der Waals surface area contributed by atoms with Gasteiger partial charge in [-0.25, -0.2) is 4.39 Å². The van der Waals surface area contributed by atoms with Gasteiger partial charge in [0.25, 0.3) is 0 Å². The molecule has 0 bridgehead atoms. The SMILES string of the molecule is CC(C(=O)N1CCCC1c1cccs1)N(C)Cc1cccc(F)c1. The Morgan fingerprint density at radius 3 is 2.96 bits per heavy atom. The highest BCUT2D eigenvalue weighted by Crippen LogP contribution is 2.35. The molecule has 0 aliphatic carbocycles. The summed E-state index contributed by atoms with van der Waals surface area (Å²) >= 11 is 1.72. The molecule has 2 aromatic rings. The molecule has 2 unspecified atom stereocenters. The zero-order valence-corrected chi connectivity index (χ0v) is 14.9. The molecule has 1 fully saturated rings. The van der Waals surface area contributed by atoms with Crippen molar-refractivity contribution in [2.24, 2.45) is 0 Å². The smallest absolute Gasteiger partial charge is 0.240 e. The molecule has 3 rings (SSSR count). The standard InChI is InChI=1S/C19H23FN2OS/c1-14(21(2)13-15-6-3-7-16(20)12-15)19(23)22-10-4-8-17(22)18-9-5-11-24-18/h3,5-7,9,11-12,14,17H,4,8,10,13H2,1-2H3. The largest absolute Gasteiger partial charge is 0.333 e. The van der Waals surface area contributed by atoms with Crippen LogP contribution in [-0.2, 0) is 11.3 Å². The van der Waals surface area contributed by atoms with E-state index in [0.717, 1.165) is 24.9 Å². The quantitative estimate of drug-likeness (QED) is 0.815. The average Bonchev–Trinajstić information content (AvgIpc) is 3.24. The molecule has 1 aromatic carbocycles. The molecule has 1 aliphatic rings. The van der Waals surface area contributed by atoms with E-state index in [0.29, 0.717) is 6.54 Å². The first-order chi connectivity index (χ1) is 11.6. The molecule has 0 radical (unpaired) electrons. The van der Waals surface area contributed by atoms with Crippen LogP contribution in [0.5, 0.6) is 0 Å². The summed E-state index contributed by atoms with van der Waals surface area (Å²) < 4.78 is 13.3. The maximum atomic E-state index is 13.3. The van der Waals surface area contributed by atoms with Crippen LogP contribution in [0.15, 0.2) is 41.8 Å². The normalized spacial score (nSPS) is 19.0. The molecule has 0 spiro atoms. The maximum Gasteiger partial charge on any atom is 0.240 e. The summed E-state index contributed by atoms with van der Waals surface area (Å²) in [7, 11) is 1.92. The van der Waals surface area contributed by atoms with Crippen LogP contribution in [0.25, 0.3) is 0 Å². The summed E-state index contributed by atoms with van der Waals surface area (Å²) in [5, 5.41) is 2.07. The minimum atomic E-state index is -0.239. The Morgan fingerprint density at radius 1 is 1.42 bits per heavy atom. The van der Waals surface area contributed by atoms with Gasteiger partial charge in [0.05, 0.1) is 12.1 Å². The van der Waals surface area contributed by atoms with Gasteiger partial charge >= 0.3 is 0 Å². The van der Waals surface area contributed by atoms with Crippen LogP contribution in [0.2, 0.25) is 0 Å². The highest BCUT2D eigenvalue weighted by Gasteiger charge is 2.34. The van der Waals surface area contributed by atoms with Crippen LogP contribution < -0.4 is 0 Å². The van der Waals surface area contributed by atoms with Gasteiger partial charge in [-0.1, -0.05) is 18.2 Å². The van der Waals surface area contributed by atoms with E-state index in [9.17, 15) is 9.18 Å². The lowest BCUT2D eigenvalue weighted by atomic mass is 10.1. The Kier molecular flexibility index (Phi) is 5.31. The van der Waals surface area contributed by atoms with E-state index in [4.69, 9.17) is 0 Å². The van der Waals surface area contributed by atoms with Gasteiger partial charge in [-0.15, -0.1) is 11.3 Å². The van der Waals surface area contributed by atoms with E-state index in [1.54, 1.807) is 17.4 Å². The van der Waals surface area contributed by atoms with E-state index in [-0.39, 0.29) is 23.8 Å². The van der Waals surface area contributed by atoms with Crippen molar-refractivity contribution in [2.45, 2.75) is 38.4 Å². The summed E-state index contributed by atoms with van der Waals surface area (Å²) in [6, 6.07) is 10.7. The molecule has 2 atom stereocenters. The second-order valence-electron chi connectivity index (χ2n) is 6.43. The molecule has 1 aromatic heterocycles. The Labute approximate surface area is 146 Å². The van der Waals surface area contributed by atoms with Crippen molar-refractivity contribution < 1.29 is 9.18 Å². The zero-order valence-electron chi connectivity index (χ0n) is 14.1. The molecule has 5 heteroatoms. The fourth-order valence-electron chi connectivity index (χ4n) is 3.30. The van der Waals surface area contributed by atoms with Crippen LogP contribution in [0, 0.1) is 5.82 Å². The van der Waals surface area contributed by atoms with E-state index < -0.39 is 0 Å². The predicted molar refractivity (Wildman–Crippen MR) is 95.3 cm³/mol.